The highest BCUT2D eigenvalue weighted by Crippen LogP contribution is 2.37. The summed E-state index contributed by atoms with van der Waals surface area (Å²) in [5.74, 6) is -8.87. The first-order chi connectivity index (χ1) is 29.7. The van der Waals surface area contributed by atoms with Gasteiger partial charge in [0.25, 0.3) is 11.7 Å². The first kappa shape index (κ1) is 52.3. The van der Waals surface area contributed by atoms with Crippen LogP contribution in [0.2, 0.25) is 0 Å². The Bertz CT molecular complexity index is 1720. The van der Waals surface area contributed by atoms with Crippen LogP contribution in [-0.4, -0.2) is 128 Å². The van der Waals surface area contributed by atoms with Crippen LogP contribution in [0, 0.1) is 35.5 Å². The van der Waals surface area contributed by atoms with Crippen molar-refractivity contribution in [2.24, 2.45) is 35.5 Å². The van der Waals surface area contributed by atoms with E-state index in [9.17, 15) is 49.5 Å². The van der Waals surface area contributed by atoms with Crippen molar-refractivity contribution in [2.45, 2.75) is 180 Å². The maximum absolute atomic E-state index is 14.3. The second-order valence-corrected chi connectivity index (χ2v) is 19.2. The van der Waals surface area contributed by atoms with Crippen molar-refractivity contribution in [3.05, 3.63) is 47.6 Å². The van der Waals surface area contributed by atoms with Gasteiger partial charge in [-0.05, 0) is 107 Å². The highest BCUT2D eigenvalue weighted by atomic mass is 16.6. The van der Waals surface area contributed by atoms with Gasteiger partial charge in [0, 0.05) is 44.2 Å². The molecule has 2 saturated heterocycles. The largest absolute Gasteiger partial charge is 0.460 e. The van der Waals surface area contributed by atoms with Gasteiger partial charge in [-0.15, -0.1) is 0 Å². The maximum atomic E-state index is 14.3. The van der Waals surface area contributed by atoms with Gasteiger partial charge in [-0.2, -0.15) is 0 Å². The minimum Gasteiger partial charge on any atom is -0.460 e. The van der Waals surface area contributed by atoms with Crippen LogP contribution in [0.25, 0.3) is 0 Å². The van der Waals surface area contributed by atoms with Crippen LogP contribution in [0.3, 0.4) is 0 Å². The molecule has 14 nitrogen and oxygen atoms in total. The van der Waals surface area contributed by atoms with E-state index in [-0.39, 0.29) is 61.0 Å². The number of Topliss-reactive ketones (excluding diaryl/α,β-unsaturated/α-hetero) is 3. The third-order valence-electron chi connectivity index (χ3n) is 14.0. The molecule has 0 radical (unpaired) electrons. The highest BCUT2D eigenvalue weighted by molar-refractivity contribution is 6.39. The molecule has 0 aromatic rings. The molecule has 0 aromatic heterocycles. The lowest BCUT2D eigenvalue weighted by Crippen LogP contribution is -2.61. The number of nitrogens with zero attached hydrogens (tertiary/aromatic N) is 1. The van der Waals surface area contributed by atoms with Crippen molar-refractivity contribution in [1.29, 1.82) is 0 Å². The fourth-order valence-electron chi connectivity index (χ4n) is 9.62. The van der Waals surface area contributed by atoms with Gasteiger partial charge in [-0.1, -0.05) is 71.1 Å². The number of esters is 1. The summed E-state index contributed by atoms with van der Waals surface area (Å²) in [6.07, 6.45) is 8.19. The molecule has 3 fully saturated rings. The molecule has 1 amide bonds. The SMILES string of the molecule is CO[C@@H]1C[C@@H](C[C@@H](C)[C@@H]2CC(=O)[C@H](C)/C=C(\C)[C@@H](O)[C@@H](O)C(=O)[C@H](C)C[C@H](C)\C=C/C=C/C=C(\C)[C@@H](O)C[C@@H]3CC[C@@H](C)[C@@](O)(O3)C(=O)C(=O)N3CCCC[C@H]3C(=O)O2)CC[C@H]1O. The Morgan fingerprint density at radius 3 is 2.27 bits per heavy atom. The number of carbonyl (C=O) groups excluding carboxylic acids is 5. The third-order valence-corrected chi connectivity index (χ3v) is 14.0. The molecule has 15 atom stereocenters. The van der Waals surface area contributed by atoms with Crippen LogP contribution in [-0.2, 0) is 38.2 Å². The lowest BCUT2D eigenvalue weighted by Gasteiger charge is -2.42. The molecule has 4 rings (SSSR count). The quantitative estimate of drug-likeness (QED) is 0.145. The normalized spacial score (nSPS) is 41.3. The van der Waals surface area contributed by atoms with Gasteiger partial charge in [0.1, 0.15) is 30.1 Å². The molecule has 63 heavy (non-hydrogen) atoms. The second-order valence-electron chi connectivity index (χ2n) is 19.2. The minimum atomic E-state index is -2.49. The van der Waals surface area contributed by atoms with E-state index in [2.05, 4.69) is 0 Å². The smallest absolute Gasteiger partial charge is 0.329 e. The summed E-state index contributed by atoms with van der Waals surface area (Å²) < 4.78 is 17.7. The second kappa shape index (κ2) is 23.7. The Labute approximate surface area is 373 Å². The van der Waals surface area contributed by atoms with Gasteiger partial charge in [-0.25, -0.2) is 4.79 Å². The lowest BCUT2D eigenvalue weighted by atomic mass is 9.78. The van der Waals surface area contributed by atoms with Gasteiger partial charge in [0.05, 0.1) is 24.4 Å². The van der Waals surface area contributed by atoms with E-state index in [1.807, 2.05) is 26.0 Å². The first-order valence-corrected chi connectivity index (χ1v) is 23.2. The molecule has 4 aliphatic rings. The molecule has 2 bridgehead atoms. The number of piperidine rings is 1. The predicted octanol–water partition coefficient (Wildman–Crippen LogP) is 4.87. The molecule has 0 aromatic carbocycles. The number of carbonyl (C=O) groups is 5. The average Bonchev–Trinajstić information content (AvgIpc) is 3.25. The minimum absolute atomic E-state index is 0.0566. The van der Waals surface area contributed by atoms with E-state index in [0.717, 1.165) is 4.90 Å². The summed E-state index contributed by atoms with van der Waals surface area (Å²) in [4.78, 5) is 70.9. The third kappa shape index (κ3) is 13.8. The Morgan fingerprint density at radius 2 is 1.57 bits per heavy atom. The molecule has 3 aliphatic heterocycles. The number of hydrogen-bond acceptors (Lipinski definition) is 13. The molecule has 354 valence electrons. The van der Waals surface area contributed by atoms with Gasteiger partial charge >= 0.3 is 5.97 Å². The van der Waals surface area contributed by atoms with E-state index in [0.29, 0.717) is 63.4 Å². The topological polar surface area (TPSA) is 217 Å². The number of aliphatic hydroxyl groups excluding tert-OH is 4. The van der Waals surface area contributed by atoms with E-state index in [4.69, 9.17) is 14.2 Å². The van der Waals surface area contributed by atoms with Crippen molar-refractivity contribution < 1.29 is 63.7 Å². The number of rotatable bonds is 4. The maximum Gasteiger partial charge on any atom is 0.329 e. The summed E-state index contributed by atoms with van der Waals surface area (Å²) >= 11 is 0. The molecule has 0 unspecified atom stereocenters. The Hall–Kier alpha value is -3.37. The van der Waals surface area contributed by atoms with Crippen LogP contribution in [0.15, 0.2) is 47.6 Å². The zero-order valence-corrected chi connectivity index (χ0v) is 38.7. The average molecular weight is 886 g/mol. The van der Waals surface area contributed by atoms with Crippen molar-refractivity contribution in [2.75, 3.05) is 13.7 Å². The van der Waals surface area contributed by atoms with Crippen LogP contribution in [0.5, 0.6) is 0 Å². The van der Waals surface area contributed by atoms with E-state index in [1.165, 1.54) is 6.08 Å². The van der Waals surface area contributed by atoms with Gasteiger partial charge in [0.2, 0.25) is 5.79 Å². The van der Waals surface area contributed by atoms with Crippen LogP contribution in [0.1, 0.15) is 126 Å². The number of amides is 1. The number of methoxy groups -OCH3 is 1. The van der Waals surface area contributed by atoms with E-state index < -0.39 is 89.6 Å². The van der Waals surface area contributed by atoms with Crippen LogP contribution in [0.4, 0.5) is 0 Å². The number of ketones is 3. The number of ether oxygens (including phenoxy) is 3. The number of allylic oxidation sites excluding steroid dienone is 6. The van der Waals surface area contributed by atoms with E-state index >= 15 is 0 Å². The Kier molecular flexibility index (Phi) is 19.7. The summed E-state index contributed by atoms with van der Waals surface area (Å²) in [6, 6.07) is -1.17. The molecule has 14 heteroatoms. The van der Waals surface area contributed by atoms with Gasteiger partial charge < -0.3 is 44.6 Å². The van der Waals surface area contributed by atoms with Crippen LogP contribution >= 0.6 is 0 Å². The zero-order chi connectivity index (χ0) is 46.8. The molecular formula is C49H75NO13. The molecular weight excluding hydrogens is 811 g/mol. The van der Waals surface area contributed by atoms with Crippen molar-refractivity contribution in [3.8, 4) is 0 Å². The monoisotopic (exact) mass is 886 g/mol. The van der Waals surface area contributed by atoms with Crippen molar-refractivity contribution in [3.63, 3.8) is 0 Å². The lowest BCUT2D eigenvalue weighted by molar-refractivity contribution is -0.265. The molecule has 3 heterocycles. The molecule has 1 aliphatic carbocycles. The Balaban J connectivity index is 1.67. The number of fused-ring (bicyclic) bond motifs is 3. The van der Waals surface area contributed by atoms with E-state index in [1.54, 1.807) is 60.0 Å². The highest BCUT2D eigenvalue weighted by Gasteiger charge is 2.53. The molecule has 5 N–H and O–H groups in total. The van der Waals surface area contributed by atoms with Gasteiger partial charge in [-0.3, -0.25) is 19.2 Å². The number of hydrogen-bond donors (Lipinski definition) is 5. The fraction of sp³-hybridized carbons (Fsp3) is 0.735. The standard InChI is InChI=1S/C49H75NO13/c1-28-14-10-9-11-15-29(2)39(52)26-36-19-17-34(7)49(60,63-36)46(57)47(58)50-21-13-12-16-37(50)48(59)62-41(31(4)24-35-18-20-38(51)42(25-35)61-8)27-40(53)30(3)23-33(6)44(55)45(56)43(54)32(5)22-28/h9-11,14-15,23,28,30-32,34-39,41-42,44-45,51-52,55-56,60H,12-13,16-22,24-27H2,1-8H3/b11-9+,14-10-,29-15+,33-23+/t28-,30-,31-,32-,34-,35-,36+,37+,38-,39+,41+,42-,44-,45+,49-/m1/s1. The zero-order valence-electron chi connectivity index (χ0n) is 38.7. The van der Waals surface area contributed by atoms with Crippen molar-refractivity contribution >= 4 is 29.2 Å². The number of cyclic esters (lactones) is 1. The van der Waals surface area contributed by atoms with Gasteiger partial charge in [0.15, 0.2) is 5.78 Å². The molecule has 1 saturated carbocycles. The Morgan fingerprint density at radius 1 is 0.857 bits per heavy atom. The number of aliphatic hydroxyl groups is 5. The fourth-order valence-corrected chi connectivity index (χ4v) is 9.62. The predicted molar refractivity (Wildman–Crippen MR) is 236 cm³/mol. The summed E-state index contributed by atoms with van der Waals surface area (Å²) in [7, 11) is 1.55. The summed E-state index contributed by atoms with van der Waals surface area (Å²) in [5.41, 5.74) is 0.841. The summed E-state index contributed by atoms with van der Waals surface area (Å²) in [5, 5.41) is 55.4. The summed E-state index contributed by atoms with van der Waals surface area (Å²) in [6.45, 7) is 12.1. The first-order valence-electron chi connectivity index (χ1n) is 23.2. The van der Waals surface area contributed by atoms with Crippen LogP contribution < -0.4 is 0 Å². The molecule has 0 spiro atoms. The van der Waals surface area contributed by atoms with Crippen molar-refractivity contribution in [1.82, 2.24) is 4.90 Å².